The van der Waals surface area contributed by atoms with Gasteiger partial charge in [-0.2, -0.15) is 0 Å². The molecule has 0 saturated heterocycles. The Hall–Kier alpha value is -2.62. The zero-order valence-corrected chi connectivity index (χ0v) is 12.6. The number of hydrogen-bond donors (Lipinski definition) is 0. The molecule has 0 spiro atoms. The van der Waals surface area contributed by atoms with E-state index in [4.69, 9.17) is 4.74 Å². The first kappa shape index (κ1) is 14.3. The Morgan fingerprint density at radius 2 is 1.86 bits per heavy atom. The third-order valence-electron chi connectivity index (χ3n) is 3.89. The van der Waals surface area contributed by atoms with Crippen molar-refractivity contribution in [3.8, 4) is 5.75 Å². The minimum Gasteiger partial charge on any atom is -0.497 e. The summed E-state index contributed by atoms with van der Waals surface area (Å²) in [5, 5.41) is 0. The molecule has 0 bridgehead atoms. The van der Waals surface area contributed by atoms with Crippen LogP contribution in [0.1, 0.15) is 32.7 Å². The van der Waals surface area contributed by atoms with E-state index in [1.807, 2.05) is 25.1 Å². The van der Waals surface area contributed by atoms with Crippen LogP contribution in [-0.4, -0.2) is 25.3 Å². The Labute approximate surface area is 129 Å². The summed E-state index contributed by atoms with van der Waals surface area (Å²) in [6.07, 6.45) is 0.359. The molecule has 0 fully saturated rings. The van der Waals surface area contributed by atoms with Crippen LogP contribution in [0.5, 0.6) is 5.75 Å². The average Bonchev–Trinajstić information content (AvgIpc) is 2.55. The number of benzene rings is 2. The molecule has 0 aliphatic carbocycles. The highest BCUT2D eigenvalue weighted by molar-refractivity contribution is 6.13. The number of anilines is 1. The number of hydrogen-bond acceptors (Lipinski definition) is 3. The number of amides is 1. The van der Waals surface area contributed by atoms with E-state index >= 15 is 0 Å². The maximum atomic E-state index is 12.7. The van der Waals surface area contributed by atoms with E-state index in [1.165, 1.54) is 0 Å². The van der Waals surface area contributed by atoms with Crippen molar-refractivity contribution in [2.24, 2.45) is 0 Å². The molecule has 2 aromatic rings. The number of fused-ring (bicyclic) bond motifs is 1. The summed E-state index contributed by atoms with van der Waals surface area (Å²) in [6.45, 7) is 2.36. The molecular formula is C18H17NO3. The molecule has 112 valence electrons. The standard InChI is InChI=1S/C18H17NO3/c1-12-3-8-16-15(11-12)17(20)9-10-19(16)18(21)13-4-6-14(22-2)7-5-13/h3-8,11H,9-10H2,1-2H3. The zero-order chi connectivity index (χ0) is 15.7. The number of nitrogens with zero attached hydrogens (tertiary/aromatic N) is 1. The van der Waals surface area contributed by atoms with Crippen molar-refractivity contribution in [1.82, 2.24) is 0 Å². The van der Waals surface area contributed by atoms with Crippen LogP contribution in [0, 0.1) is 6.92 Å². The van der Waals surface area contributed by atoms with Gasteiger partial charge in [-0.05, 0) is 43.3 Å². The normalized spacial score (nSPS) is 13.7. The molecule has 1 aliphatic rings. The molecule has 3 rings (SSSR count). The number of methoxy groups -OCH3 is 1. The van der Waals surface area contributed by atoms with Gasteiger partial charge in [0, 0.05) is 24.1 Å². The Balaban J connectivity index is 1.96. The third-order valence-corrected chi connectivity index (χ3v) is 3.89. The number of carbonyl (C=O) groups is 2. The van der Waals surface area contributed by atoms with E-state index in [9.17, 15) is 9.59 Å². The number of aryl methyl sites for hydroxylation is 1. The highest BCUT2D eigenvalue weighted by atomic mass is 16.5. The van der Waals surface area contributed by atoms with Crippen molar-refractivity contribution in [3.05, 3.63) is 59.2 Å². The summed E-state index contributed by atoms with van der Waals surface area (Å²) in [7, 11) is 1.59. The van der Waals surface area contributed by atoms with Crippen LogP contribution in [0.2, 0.25) is 0 Å². The second-order valence-electron chi connectivity index (χ2n) is 5.38. The highest BCUT2D eigenvalue weighted by Crippen LogP contribution is 2.29. The van der Waals surface area contributed by atoms with Gasteiger partial charge in [0.2, 0.25) is 0 Å². The molecule has 1 heterocycles. The smallest absolute Gasteiger partial charge is 0.258 e. The summed E-state index contributed by atoms with van der Waals surface area (Å²) < 4.78 is 5.11. The van der Waals surface area contributed by atoms with Crippen LogP contribution < -0.4 is 9.64 Å². The summed E-state index contributed by atoms with van der Waals surface area (Å²) in [6, 6.07) is 12.6. The first-order valence-corrected chi connectivity index (χ1v) is 7.20. The second kappa shape index (κ2) is 5.64. The Morgan fingerprint density at radius 1 is 1.14 bits per heavy atom. The molecule has 0 atom stereocenters. The molecule has 0 N–H and O–H groups in total. The predicted molar refractivity (Wildman–Crippen MR) is 84.8 cm³/mol. The van der Waals surface area contributed by atoms with Gasteiger partial charge in [-0.25, -0.2) is 0 Å². The lowest BCUT2D eigenvalue weighted by molar-refractivity contribution is 0.0955. The fourth-order valence-electron chi connectivity index (χ4n) is 2.68. The molecule has 0 radical (unpaired) electrons. The van der Waals surface area contributed by atoms with Crippen LogP contribution in [0.4, 0.5) is 5.69 Å². The average molecular weight is 295 g/mol. The maximum Gasteiger partial charge on any atom is 0.258 e. The van der Waals surface area contributed by atoms with E-state index in [0.717, 1.165) is 5.56 Å². The van der Waals surface area contributed by atoms with Crippen molar-refractivity contribution in [2.75, 3.05) is 18.6 Å². The molecule has 1 aliphatic heterocycles. The molecular weight excluding hydrogens is 278 g/mol. The maximum absolute atomic E-state index is 12.7. The quantitative estimate of drug-likeness (QED) is 0.854. The molecule has 0 aromatic heterocycles. The zero-order valence-electron chi connectivity index (χ0n) is 12.6. The molecule has 22 heavy (non-hydrogen) atoms. The van der Waals surface area contributed by atoms with Gasteiger partial charge < -0.3 is 9.64 Å². The monoisotopic (exact) mass is 295 g/mol. The SMILES string of the molecule is COc1ccc(C(=O)N2CCC(=O)c3cc(C)ccc32)cc1. The Morgan fingerprint density at radius 3 is 2.55 bits per heavy atom. The van der Waals surface area contributed by atoms with E-state index in [-0.39, 0.29) is 11.7 Å². The molecule has 2 aromatic carbocycles. The number of Topliss-reactive ketones (excluding diaryl/α,β-unsaturated/α-hetero) is 1. The van der Waals surface area contributed by atoms with E-state index < -0.39 is 0 Å². The van der Waals surface area contributed by atoms with Crippen LogP contribution in [0.3, 0.4) is 0 Å². The lowest BCUT2D eigenvalue weighted by Crippen LogP contribution is -2.37. The highest BCUT2D eigenvalue weighted by Gasteiger charge is 2.27. The van der Waals surface area contributed by atoms with Crippen LogP contribution in [0.25, 0.3) is 0 Å². The van der Waals surface area contributed by atoms with Crippen molar-refractivity contribution < 1.29 is 14.3 Å². The number of ether oxygens (including phenoxy) is 1. The minimum atomic E-state index is -0.0970. The van der Waals surface area contributed by atoms with E-state index in [2.05, 4.69) is 0 Å². The van der Waals surface area contributed by atoms with E-state index in [0.29, 0.717) is 35.5 Å². The van der Waals surface area contributed by atoms with Gasteiger partial charge in [0.1, 0.15) is 5.75 Å². The molecule has 0 unspecified atom stereocenters. The van der Waals surface area contributed by atoms with Gasteiger partial charge in [0.05, 0.1) is 12.8 Å². The Kier molecular flexibility index (Phi) is 3.67. The lowest BCUT2D eigenvalue weighted by atomic mass is 9.97. The van der Waals surface area contributed by atoms with Crippen molar-refractivity contribution in [1.29, 1.82) is 0 Å². The van der Waals surface area contributed by atoms with Gasteiger partial charge in [0.25, 0.3) is 5.91 Å². The number of ketones is 1. The molecule has 4 heteroatoms. The van der Waals surface area contributed by atoms with Crippen molar-refractivity contribution in [2.45, 2.75) is 13.3 Å². The van der Waals surface area contributed by atoms with E-state index in [1.54, 1.807) is 36.3 Å². The van der Waals surface area contributed by atoms with Crippen molar-refractivity contribution >= 4 is 17.4 Å². The topological polar surface area (TPSA) is 46.6 Å². The van der Waals surface area contributed by atoms with Crippen LogP contribution in [0.15, 0.2) is 42.5 Å². The fourth-order valence-corrected chi connectivity index (χ4v) is 2.68. The van der Waals surface area contributed by atoms with Gasteiger partial charge in [-0.3, -0.25) is 9.59 Å². The van der Waals surface area contributed by atoms with Crippen LogP contribution in [-0.2, 0) is 0 Å². The molecule has 0 saturated carbocycles. The summed E-state index contributed by atoms with van der Waals surface area (Å²) in [5.74, 6) is 0.708. The summed E-state index contributed by atoms with van der Waals surface area (Å²) in [5.41, 5.74) is 2.93. The van der Waals surface area contributed by atoms with Crippen LogP contribution >= 0.6 is 0 Å². The van der Waals surface area contributed by atoms with Crippen molar-refractivity contribution in [3.63, 3.8) is 0 Å². The molecule has 4 nitrogen and oxygen atoms in total. The first-order chi connectivity index (χ1) is 10.6. The number of carbonyl (C=O) groups excluding carboxylic acids is 2. The summed E-state index contributed by atoms with van der Waals surface area (Å²) >= 11 is 0. The predicted octanol–water partition coefficient (Wildman–Crippen LogP) is 3.24. The minimum absolute atomic E-state index is 0.0949. The fraction of sp³-hybridized carbons (Fsp3) is 0.222. The van der Waals surface area contributed by atoms with Gasteiger partial charge in [-0.15, -0.1) is 0 Å². The first-order valence-electron chi connectivity index (χ1n) is 7.20. The van der Waals surface area contributed by atoms with Gasteiger partial charge >= 0.3 is 0 Å². The summed E-state index contributed by atoms with van der Waals surface area (Å²) in [4.78, 5) is 26.5. The largest absolute Gasteiger partial charge is 0.497 e. The molecule has 1 amide bonds. The third kappa shape index (κ3) is 2.48. The van der Waals surface area contributed by atoms with Gasteiger partial charge in [0.15, 0.2) is 5.78 Å². The Bertz CT molecular complexity index is 734. The lowest BCUT2D eigenvalue weighted by Gasteiger charge is -2.29. The second-order valence-corrected chi connectivity index (χ2v) is 5.38. The van der Waals surface area contributed by atoms with Gasteiger partial charge in [-0.1, -0.05) is 11.6 Å². The number of rotatable bonds is 2.